The quantitative estimate of drug-likeness (QED) is 0.538. The standard InChI is InChI=1S/C22H25F2NO3Si/c1-21(2,3)29-28-22(4,5)16-11-10-13(17(23)18(16)24)12-25-19(26)14-8-6-7-9-15(14)20(25)27/h6-11H,12,29H2,1-5H3. The summed E-state index contributed by atoms with van der Waals surface area (Å²) in [7, 11) is -0.984. The Balaban J connectivity index is 1.86. The first-order valence-electron chi connectivity index (χ1n) is 9.49. The lowest BCUT2D eigenvalue weighted by Gasteiger charge is -2.31. The molecule has 1 heterocycles. The number of imide groups is 1. The monoisotopic (exact) mass is 417 g/mol. The van der Waals surface area contributed by atoms with Gasteiger partial charge >= 0.3 is 0 Å². The highest BCUT2D eigenvalue weighted by atomic mass is 28.2. The molecule has 0 aliphatic carbocycles. The van der Waals surface area contributed by atoms with E-state index in [0.29, 0.717) is 0 Å². The van der Waals surface area contributed by atoms with Crippen molar-refractivity contribution < 1.29 is 22.8 Å². The highest BCUT2D eigenvalue weighted by Gasteiger charge is 2.36. The molecule has 0 radical (unpaired) electrons. The molecule has 4 nitrogen and oxygen atoms in total. The fraction of sp³-hybridized carbons (Fsp3) is 0.364. The Bertz CT molecular complexity index is 948. The van der Waals surface area contributed by atoms with Crippen LogP contribution in [0.4, 0.5) is 8.78 Å². The van der Waals surface area contributed by atoms with Gasteiger partial charge in [-0.15, -0.1) is 0 Å². The topological polar surface area (TPSA) is 46.6 Å². The van der Waals surface area contributed by atoms with E-state index in [0.717, 1.165) is 4.90 Å². The van der Waals surface area contributed by atoms with Crippen molar-refractivity contribution in [2.75, 3.05) is 0 Å². The fourth-order valence-corrected chi connectivity index (χ4v) is 4.15. The van der Waals surface area contributed by atoms with Crippen molar-refractivity contribution in [1.29, 1.82) is 0 Å². The lowest BCUT2D eigenvalue weighted by Crippen LogP contribution is -2.31. The molecular formula is C22H25F2NO3Si. The number of hydrogen-bond acceptors (Lipinski definition) is 3. The maximum absolute atomic E-state index is 14.9. The Morgan fingerprint density at radius 1 is 0.897 bits per heavy atom. The Labute approximate surface area is 171 Å². The molecule has 0 atom stereocenters. The lowest BCUT2D eigenvalue weighted by atomic mass is 9.96. The average molecular weight is 418 g/mol. The average Bonchev–Trinajstić information content (AvgIpc) is 2.88. The van der Waals surface area contributed by atoms with E-state index in [9.17, 15) is 18.4 Å². The van der Waals surface area contributed by atoms with E-state index in [1.54, 1.807) is 38.1 Å². The number of halogens is 2. The molecule has 0 saturated carbocycles. The second-order valence-electron chi connectivity index (χ2n) is 9.00. The molecule has 0 saturated heterocycles. The summed E-state index contributed by atoms with van der Waals surface area (Å²) in [5.41, 5.74) is -0.353. The van der Waals surface area contributed by atoms with Gasteiger partial charge in [-0.3, -0.25) is 14.5 Å². The zero-order valence-corrected chi connectivity index (χ0v) is 18.7. The van der Waals surface area contributed by atoms with E-state index in [1.165, 1.54) is 12.1 Å². The van der Waals surface area contributed by atoms with Crippen LogP contribution in [0.1, 0.15) is 66.5 Å². The van der Waals surface area contributed by atoms with Crippen molar-refractivity contribution >= 4 is 21.6 Å². The van der Waals surface area contributed by atoms with Gasteiger partial charge in [0.1, 0.15) is 0 Å². The van der Waals surface area contributed by atoms with E-state index in [2.05, 4.69) is 20.8 Å². The normalized spacial score (nSPS) is 14.9. The maximum atomic E-state index is 14.9. The van der Waals surface area contributed by atoms with E-state index in [-0.39, 0.29) is 33.8 Å². The van der Waals surface area contributed by atoms with E-state index in [4.69, 9.17) is 4.43 Å². The Hall–Kier alpha value is -2.38. The van der Waals surface area contributed by atoms with Crippen molar-refractivity contribution in [3.8, 4) is 0 Å². The van der Waals surface area contributed by atoms with Gasteiger partial charge in [-0.1, -0.05) is 45.0 Å². The molecule has 1 aliphatic heterocycles. The highest BCUT2D eigenvalue weighted by Crippen LogP contribution is 2.33. The molecule has 0 spiro atoms. The molecule has 0 unspecified atom stereocenters. The SMILES string of the molecule is CC(C)(C)[SiH2]OC(C)(C)c1ccc(CN2C(=O)c3ccccc3C2=O)c(F)c1F. The third-order valence-corrected chi connectivity index (χ3v) is 6.62. The van der Waals surface area contributed by atoms with Crippen LogP contribution >= 0.6 is 0 Å². The summed E-state index contributed by atoms with van der Waals surface area (Å²) in [5.74, 6) is -3.08. The van der Waals surface area contributed by atoms with Crippen LogP contribution in [0, 0.1) is 11.6 Å². The molecule has 0 fully saturated rings. The molecule has 154 valence electrons. The summed E-state index contributed by atoms with van der Waals surface area (Å²) in [6, 6.07) is 9.31. The van der Waals surface area contributed by atoms with E-state index in [1.807, 2.05) is 0 Å². The molecule has 0 bridgehead atoms. The molecule has 0 N–H and O–H groups in total. The van der Waals surface area contributed by atoms with Gasteiger partial charge in [-0.25, -0.2) is 8.78 Å². The van der Waals surface area contributed by atoms with Crippen molar-refractivity contribution in [3.63, 3.8) is 0 Å². The van der Waals surface area contributed by atoms with Crippen LogP contribution in [-0.2, 0) is 16.6 Å². The third-order valence-electron chi connectivity index (χ3n) is 4.88. The molecule has 0 aromatic heterocycles. The predicted octanol–water partition coefficient (Wildman–Crippen LogP) is 4.31. The minimum Gasteiger partial charge on any atom is -0.414 e. The summed E-state index contributed by atoms with van der Waals surface area (Å²) in [5, 5.41) is 0.0116. The molecule has 2 aromatic rings. The summed E-state index contributed by atoms with van der Waals surface area (Å²) < 4.78 is 35.7. The third kappa shape index (κ3) is 4.16. The first-order chi connectivity index (χ1) is 13.4. The van der Waals surface area contributed by atoms with Crippen LogP contribution in [0.15, 0.2) is 36.4 Å². The van der Waals surface area contributed by atoms with Gasteiger partial charge in [0.25, 0.3) is 11.8 Å². The number of benzene rings is 2. The summed E-state index contributed by atoms with van der Waals surface area (Å²) in [6.45, 7) is 9.26. The largest absolute Gasteiger partial charge is 0.414 e. The zero-order chi connectivity index (χ0) is 21.6. The first-order valence-corrected chi connectivity index (χ1v) is 10.8. The van der Waals surface area contributed by atoms with Crippen LogP contribution in [0.5, 0.6) is 0 Å². The number of nitrogens with zero attached hydrogens (tertiary/aromatic N) is 1. The van der Waals surface area contributed by atoms with Gasteiger partial charge < -0.3 is 4.43 Å². The predicted molar refractivity (Wildman–Crippen MR) is 109 cm³/mol. The lowest BCUT2D eigenvalue weighted by molar-refractivity contribution is 0.0639. The minimum atomic E-state index is -1.06. The fourth-order valence-electron chi connectivity index (χ4n) is 3.20. The Morgan fingerprint density at radius 2 is 1.45 bits per heavy atom. The summed E-state index contributed by atoms with van der Waals surface area (Å²) in [6.07, 6.45) is 0. The number of rotatable bonds is 5. The number of amides is 2. The second kappa shape index (κ2) is 7.46. The molecule has 1 aliphatic rings. The zero-order valence-electron chi connectivity index (χ0n) is 17.3. The Kier molecular flexibility index (Phi) is 5.49. The number of carbonyl (C=O) groups excluding carboxylic acids is 2. The van der Waals surface area contributed by atoms with Gasteiger partial charge in [-0.05, 0) is 31.0 Å². The van der Waals surface area contributed by atoms with Gasteiger partial charge in [0.05, 0.1) is 23.3 Å². The molecule has 2 amide bonds. The van der Waals surface area contributed by atoms with Crippen LogP contribution in [-0.4, -0.2) is 26.5 Å². The smallest absolute Gasteiger partial charge is 0.261 e. The molecule has 29 heavy (non-hydrogen) atoms. The van der Waals surface area contributed by atoms with Crippen LogP contribution < -0.4 is 0 Å². The van der Waals surface area contributed by atoms with Gasteiger partial charge in [-0.2, -0.15) is 0 Å². The van der Waals surface area contributed by atoms with Crippen LogP contribution in [0.25, 0.3) is 0 Å². The molecule has 7 heteroatoms. The molecule has 3 rings (SSSR count). The summed E-state index contributed by atoms with van der Waals surface area (Å²) in [4.78, 5) is 25.9. The van der Waals surface area contributed by atoms with Crippen molar-refractivity contribution in [2.45, 2.75) is 51.8 Å². The summed E-state index contributed by atoms with van der Waals surface area (Å²) >= 11 is 0. The first kappa shape index (κ1) is 21.3. The Morgan fingerprint density at radius 3 is 1.97 bits per heavy atom. The van der Waals surface area contributed by atoms with Gasteiger partial charge in [0, 0.05) is 11.1 Å². The van der Waals surface area contributed by atoms with Gasteiger partial charge in [0.2, 0.25) is 0 Å². The van der Waals surface area contributed by atoms with Gasteiger partial charge in [0.15, 0.2) is 21.4 Å². The molecule has 2 aromatic carbocycles. The van der Waals surface area contributed by atoms with Crippen molar-refractivity contribution in [2.24, 2.45) is 0 Å². The number of fused-ring (bicyclic) bond motifs is 1. The van der Waals surface area contributed by atoms with E-state index >= 15 is 0 Å². The highest BCUT2D eigenvalue weighted by molar-refractivity contribution is 6.31. The molecular weight excluding hydrogens is 392 g/mol. The van der Waals surface area contributed by atoms with Crippen molar-refractivity contribution in [3.05, 3.63) is 70.3 Å². The van der Waals surface area contributed by atoms with Crippen molar-refractivity contribution in [1.82, 2.24) is 4.90 Å². The van der Waals surface area contributed by atoms with E-state index < -0.39 is 38.8 Å². The maximum Gasteiger partial charge on any atom is 0.261 e. The second-order valence-corrected chi connectivity index (χ2v) is 11.7. The minimum absolute atomic E-state index is 0.0116. The number of carbonyl (C=O) groups is 2. The van der Waals surface area contributed by atoms with Crippen LogP contribution in [0.3, 0.4) is 0 Å². The number of hydrogen-bond donors (Lipinski definition) is 0. The van der Waals surface area contributed by atoms with Crippen LogP contribution in [0.2, 0.25) is 5.04 Å².